The van der Waals surface area contributed by atoms with Crippen molar-refractivity contribution in [1.82, 2.24) is 0 Å². The van der Waals surface area contributed by atoms with Crippen molar-refractivity contribution in [2.24, 2.45) is 0 Å². The van der Waals surface area contributed by atoms with E-state index in [0.717, 1.165) is 77.0 Å². The first-order valence-corrected chi connectivity index (χ1v) is 24.4. The number of hydrogen-bond donors (Lipinski definition) is 0. The molecule has 0 rings (SSSR count). The molecule has 0 aliphatic rings. The molecule has 0 radical (unpaired) electrons. The molecular formula is C53H90O6. The van der Waals surface area contributed by atoms with Crippen molar-refractivity contribution in [3.8, 4) is 0 Å². The highest BCUT2D eigenvalue weighted by atomic mass is 16.6. The predicted octanol–water partition coefficient (Wildman–Crippen LogP) is 15.9. The maximum absolute atomic E-state index is 12.7. The fourth-order valence-corrected chi connectivity index (χ4v) is 6.53. The third-order valence-electron chi connectivity index (χ3n) is 10.2. The van der Waals surface area contributed by atoms with Crippen LogP contribution in [0.25, 0.3) is 0 Å². The van der Waals surface area contributed by atoms with Crippen LogP contribution in [-0.4, -0.2) is 37.2 Å². The Morgan fingerprint density at radius 1 is 0.356 bits per heavy atom. The van der Waals surface area contributed by atoms with Crippen LogP contribution in [0.3, 0.4) is 0 Å². The second-order valence-electron chi connectivity index (χ2n) is 16.0. The van der Waals surface area contributed by atoms with Crippen LogP contribution in [0, 0.1) is 0 Å². The molecule has 0 N–H and O–H groups in total. The van der Waals surface area contributed by atoms with Gasteiger partial charge in [-0.2, -0.15) is 0 Å². The molecular weight excluding hydrogens is 733 g/mol. The SMILES string of the molecule is CC/C=C\C/C=C\CCCCC(=O)OCC(COC(=O)CCC/C=C\C/C=C\C/C=C\C/C=C\CCCCC)OC(=O)CCCCCCCCCCCCCCCCC. The monoisotopic (exact) mass is 823 g/mol. The standard InChI is InChI=1S/C53H90O6/c1-4-7-10-13-16-19-21-23-25-26-28-29-31-34-37-40-43-46-52(55)58-49-50(48-57-51(54)45-42-39-36-33-18-15-12-9-6-3)59-53(56)47-44-41-38-35-32-30-27-24-22-20-17-14-11-8-5-2/h9,12,16,18-19,23,25,28-29,33-34,37,50H,4-8,10-11,13-15,17,20-22,24,26-27,30-32,35-36,38-49H2,1-3H3/b12-9-,19-16-,25-23-,29-28-,33-18-,37-34-. The summed E-state index contributed by atoms with van der Waals surface area (Å²) in [7, 11) is 0. The van der Waals surface area contributed by atoms with Gasteiger partial charge in [-0.15, -0.1) is 0 Å². The third kappa shape index (κ3) is 45.8. The largest absolute Gasteiger partial charge is 0.462 e. The maximum Gasteiger partial charge on any atom is 0.306 e. The Balaban J connectivity index is 4.44. The Kier molecular flexibility index (Phi) is 45.0. The van der Waals surface area contributed by atoms with E-state index >= 15 is 0 Å². The van der Waals surface area contributed by atoms with E-state index < -0.39 is 6.10 Å². The lowest BCUT2D eigenvalue weighted by Crippen LogP contribution is -2.30. The number of allylic oxidation sites excluding steroid dienone is 12. The zero-order chi connectivity index (χ0) is 43.0. The molecule has 6 nitrogen and oxygen atoms in total. The van der Waals surface area contributed by atoms with Crippen LogP contribution in [-0.2, 0) is 28.6 Å². The normalized spacial score (nSPS) is 12.7. The Morgan fingerprint density at radius 2 is 0.678 bits per heavy atom. The van der Waals surface area contributed by atoms with Crippen LogP contribution in [0.15, 0.2) is 72.9 Å². The van der Waals surface area contributed by atoms with Gasteiger partial charge >= 0.3 is 17.9 Å². The number of carbonyl (C=O) groups is 3. The molecule has 0 spiro atoms. The fourth-order valence-electron chi connectivity index (χ4n) is 6.53. The van der Waals surface area contributed by atoms with Crippen LogP contribution < -0.4 is 0 Å². The number of ether oxygens (including phenoxy) is 3. The van der Waals surface area contributed by atoms with Crippen LogP contribution in [0.2, 0.25) is 0 Å². The summed E-state index contributed by atoms with van der Waals surface area (Å²) in [6.45, 7) is 6.40. The minimum absolute atomic E-state index is 0.109. The van der Waals surface area contributed by atoms with Gasteiger partial charge in [-0.1, -0.05) is 196 Å². The van der Waals surface area contributed by atoms with Crippen molar-refractivity contribution in [2.75, 3.05) is 13.2 Å². The lowest BCUT2D eigenvalue weighted by atomic mass is 10.0. The van der Waals surface area contributed by atoms with Crippen LogP contribution in [0.5, 0.6) is 0 Å². The molecule has 0 aromatic carbocycles. The van der Waals surface area contributed by atoms with Gasteiger partial charge < -0.3 is 14.2 Å². The number of esters is 3. The smallest absolute Gasteiger partial charge is 0.306 e. The van der Waals surface area contributed by atoms with Crippen molar-refractivity contribution >= 4 is 17.9 Å². The van der Waals surface area contributed by atoms with Gasteiger partial charge in [0, 0.05) is 19.3 Å². The molecule has 1 atom stereocenters. The van der Waals surface area contributed by atoms with Gasteiger partial charge in [0.1, 0.15) is 13.2 Å². The van der Waals surface area contributed by atoms with Crippen molar-refractivity contribution in [3.63, 3.8) is 0 Å². The van der Waals surface area contributed by atoms with Crippen molar-refractivity contribution < 1.29 is 28.6 Å². The Hall–Kier alpha value is -3.15. The van der Waals surface area contributed by atoms with E-state index in [1.54, 1.807) is 0 Å². The van der Waals surface area contributed by atoms with E-state index in [-0.39, 0.29) is 37.5 Å². The molecule has 0 aromatic heterocycles. The summed E-state index contributed by atoms with van der Waals surface area (Å²) in [5, 5.41) is 0. The summed E-state index contributed by atoms with van der Waals surface area (Å²) in [5.74, 6) is -1.000. The summed E-state index contributed by atoms with van der Waals surface area (Å²) in [6, 6.07) is 0. The van der Waals surface area contributed by atoms with Crippen molar-refractivity contribution in [3.05, 3.63) is 72.9 Å². The average molecular weight is 823 g/mol. The molecule has 0 heterocycles. The Bertz CT molecular complexity index is 1130. The van der Waals surface area contributed by atoms with E-state index in [1.165, 1.54) is 103 Å². The van der Waals surface area contributed by atoms with Gasteiger partial charge in [-0.05, 0) is 83.5 Å². The highest BCUT2D eigenvalue weighted by molar-refractivity contribution is 5.71. The topological polar surface area (TPSA) is 78.9 Å². The van der Waals surface area contributed by atoms with Crippen molar-refractivity contribution in [2.45, 2.75) is 232 Å². The lowest BCUT2D eigenvalue weighted by molar-refractivity contribution is -0.167. The minimum Gasteiger partial charge on any atom is -0.462 e. The highest BCUT2D eigenvalue weighted by Crippen LogP contribution is 2.15. The maximum atomic E-state index is 12.7. The van der Waals surface area contributed by atoms with Gasteiger partial charge in [0.05, 0.1) is 0 Å². The van der Waals surface area contributed by atoms with Crippen LogP contribution >= 0.6 is 0 Å². The van der Waals surface area contributed by atoms with Gasteiger partial charge in [-0.25, -0.2) is 0 Å². The van der Waals surface area contributed by atoms with E-state index in [0.29, 0.717) is 19.3 Å². The molecule has 0 saturated carbocycles. The minimum atomic E-state index is -0.806. The van der Waals surface area contributed by atoms with E-state index in [2.05, 4.69) is 93.7 Å². The van der Waals surface area contributed by atoms with Crippen molar-refractivity contribution in [1.29, 1.82) is 0 Å². The number of rotatable bonds is 43. The molecule has 0 saturated heterocycles. The van der Waals surface area contributed by atoms with Gasteiger partial charge in [0.2, 0.25) is 0 Å². The first-order chi connectivity index (χ1) is 29.0. The highest BCUT2D eigenvalue weighted by Gasteiger charge is 2.19. The summed E-state index contributed by atoms with van der Waals surface area (Å²) < 4.78 is 16.6. The zero-order valence-electron chi connectivity index (χ0n) is 38.5. The molecule has 59 heavy (non-hydrogen) atoms. The molecule has 1 unspecified atom stereocenters. The number of unbranched alkanes of at least 4 members (excludes halogenated alkanes) is 20. The first-order valence-electron chi connectivity index (χ1n) is 24.4. The van der Waals surface area contributed by atoms with E-state index in [1.807, 2.05) is 0 Å². The number of hydrogen-bond acceptors (Lipinski definition) is 6. The zero-order valence-corrected chi connectivity index (χ0v) is 38.5. The fraction of sp³-hybridized carbons (Fsp3) is 0.717. The molecule has 338 valence electrons. The van der Waals surface area contributed by atoms with Gasteiger partial charge in [0.25, 0.3) is 0 Å². The third-order valence-corrected chi connectivity index (χ3v) is 10.2. The summed E-state index contributed by atoms with van der Waals surface area (Å²) in [4.78, 5) is 37.8. The van der Waals surface area contributed by atoms with Gasteiger partial charge in [0.15, 0.2) is 6.10 Å². The second-order valence-corrected chi connectivity index (χ2v) is 16.0. The van der Waals surface area contributed by atoms with Crippen LogP contribution in [0.4, 0.5) is 0 Å². The Morgan fingerprint density at radius 3 is 1.14 bits per heavy atom. The quantitative estimate of drug-likeness (QED) is 0.0264. The summed E-state index contributed by atoms with van der Waals surface area (Å²) in [5.41, 5.74) is 0. The molecule has 6 heteroatoms. The lowest BCUT2D eigenvalue weighted by Gasteiger charge is -2.18. The molecule has 0 fully saturated rings. The predicted molar refractivity (Wildman–Crippen MR) is 251 cm³/mol. The van der Waals surface area contributed by atoms with Crippen LogP contribution in [0.1, 0.15) is 226 Å². The molecule has 0 aliphatic heterocycles. The van der Waals surface area contributed by atoms with E-state index in [4.69, 9.17) is 14.2 Å². The average Bonchev–Trinajstić information content (AvgIpc) is 3.23. The second kappa shape index (κ2) is 47.5. The molecule has 0 bridgehead atoms. The molecule has 0 amide bonds. The van der Waals surface area contributed by atoms with E-state index in [9.17, 15) is 14.4 Å². The molecule has 0 aromatic rings. The Labute approximate surface area is 363 Å². The number of carbonyl (C=O) groups excluding carboxylic acids is 3. The summed E-state index contributed by atoms with van der Waals surface area (Å²) >= 11 is 0. The first kappa shape index (κ1) is 55.9. The summed E-state index contributed by atoms with van der Waals surface area (Å²) in [6.07, 6.45) is 59.0. The molecule has 0 aliphatic carbocycles. The van der Waals surface area contributed by atoms with Gasteiger partial charge in [-0.3, -0.25) is 14.4 Å².